The topological polar surface area (TPSA) is 40.5 Å². The first-order chi connectivity index (χ1) is 8.74. The van der Waals surface area contributed by atoms with Crippen LogP contribution in [0.15, 0.2) is 18.2 Å². The Bertz CT molecular complexity index is 464. The minimum atomic E-state index is -0.750. The zero-order chi connectivity index (χ0) is 12.5. The molecule has 1 aromatic carbocycles. The van der Waals surface area contributed by atoms with Crippen molar-refractivity contribution in [2.45, 2.75) is 44.6 Å². The van der Waals surface area contributed by atoms with E-state index in [1.54, 1.807) is 0 Å². The van der Waals surface area contributed by atoms with Crippen LogP contribution in [0.3, 0.4) is 0 Å². The molecule has 0 bridgehead atoms. The number of fused-ring (bicyclic) bond motifs is 1. The molecule has 0 amide bonds. The summed E-state index contributed by atoms with van der Waals surface area (Å²) >= 11 is 0. The molecule has 1 N–H and O–H groups in total. The number of benzene rings is 1. The highest BCUT2D eigenvalue weighted by Gasteiger charge is 2.28. The van der Waals surface area contributed by atoms with E-state index >= 15 is 0 Å². The van der Waals surface area contributed by atoms with Crippen molar-refractivity contribution in [1.82, 2.24) is 0 Å². The molecule has 0 atom stereocenters. The van der Waals surface area contributed by atoms with Crippen LogP contribution in [-0.4, -0.2) is 23.7 Å². The van der Waals surface area contributed by atoms with Gasteiger partial charge in [-0.25, -0.2) is 0 Å². The first kappa shape index (κ1) is 11.6. The van der Waals surface area contributed by atoms with Gasteiger partial charge in [0.05, 0.1) is 6.42 Å². The van der Waals surface area contributed by atoms with Crippen LogP contribution >= 0.6 is 0 Å². The molecule has 3 heteroatoms. The molecule has 1 saturated carbocycles. The lowest BCUT2D eigenvalue weighted by Crippen LogP contribution is -2.31. The molecule has 1 fully saturated rings. The number of hydrogen-bond acceptors (Lipinski definition) is 2. The average Bonchev–Trinajstić information content (AvgIpc) is 2.94. The Balaban J connectivity index is 1.86. The number of anilines is 1. The molecule has 0 aromatic heterocycles. The van der Waals surface area contributed by atoms with Gasteiger partial charge >= 0.3 is 5.97 Å². The van der Waals surface area contributed by atoms with Crippen molar-refractivity contribution in [3.8, 4) is 0 Å². The summed E-state index contributed by atoms with van der Waals surface area (Å²) < 4.78 is 0. The fourth-order valence-corrected chi connectivity index (χ4v) is 3.33. The summed E-state index contributed by atoms with van der Waals surface area (Å²) in [7, 11) is 0. The Hall–Kier alpha value is -1.51. The van der Waals surface area contributed by atoms with E-state index in [2.05, 4.69) is 17.0 Å². The number of hydrogen-bond donors (Lipinski definition) is 1. The highest BCUT2D eigenvalue weighted by molar-refractivity contribution is 5.72. The summed E-state index contributed by atoms with van der Waals surface area (Å²) in [6, 6.07) is 6.86. The maximum absolute atomic E-state index is 10.8. The van der Waals surface area contributed by atoms with Crippen LogP contribution in [0.1, 0.15) is 36.8 Å². The highest BCUT2D eigenvalue weighted by Crippen LogP contribution is 2.35. The Morgan fingerprint density at radius 2 is 2.11 bits per heavy atom. The van der Waals surface area contributed by atoms with Gasteiger partial charge in [-0.15, -0.1) is 0 Å². The van der Waals surface area contributed by atoms with E-state index in [1.165, 1.54) is 36.9 Å². The molecule has 3 rings (SSSR count). The Morgan fingerprint density at radius 1 is 1.33 bits per heavy atom. The first-order valence-corrected chi connectivity index (χ1v) is 6.84. The van der Waals surface area contributed by atoms with E-state index in [4.69, 9.17) is 5.11 Å². The van der Waals surface area contributed by atoms with Gasteiger partial charge in [0.1, 0.15) is 0 Å². The fourth-order valence-electron chi connectivity index (χ4n) is 3.33. The third kappa shape index (κ3) is 2.09. The van der Waals surface area contributed by atoms with Gasteiger partial charge < -0.3 is 10.0 Å². The summed E-state index contributed by atoms with van der Waals surface area (Å²) in [4.78, 5) is 13.3. The minimum absolute atomic E-state index is 0.131. The summed E-state index contributed by atoms with van der Waals surface area (Å²) in [5, 5.41) is 8.88. The Kier molecular flexibility index (Phi) is 2.98. The molecule has 0 radical (unpaired) electrons. The number of rotatable bonds is 3. The van der Waals surface area contributed by atoms with E-state index in [-0.39, 0.29) is 6.42 Å². The molecule has 1 heterocycles. The molecule has 1 aliphatic carbocycles. The molecule has 0 spiro atoms. The van der Waals surface area contributed by atoms with Crippen LogP contribution in [0.2, 0.25) is 0 Å². The zero-order valence-electron chi connectivity index (χ0n) is 10.6. The lowest BCUT2D eigenvalue weighted by Gasteiger charge is -2.27. The quantitative estimate of drug-likeness (QED) is 0.890. The number of carboxylic acids is 1. The lowest BCUT2D eigenvalue weighted by molar-refractivity contribution is -0.136. The van der Waals surface area contributed by atoms with Crippen molar-refractivity contribution in [3.05, 3.63) is 29.3 Å². The molecule has 1 aromatic rings. The molecule has 0 saturated heterocycles. The third-order valence-electron chi connectivity index (χ3n) is 4.20. The van der Waals surface area contributed by atoms with Crippen molar-refractivity contribution in [2.24, 2.45) is 0 Å². The van der Waals surface area contributed by atoms with Crippen LogP contribution in [-0.2, 0) is 17.6 Å². The van der Waals surface area contributed by atoms with Gasteiger partial charge in [-0.1, -0.05) is 25.0 Å². The lowest BCUT2D eigenvalue weighted by atomic mass is 10.1. The highest BCUT2D eigenvalue weighted by atomic mass is 16.4. The van der Waals surface area contributed by atoms with E-state index in [0.717, 1.165) is 18.5 Å². The molecule has 3 nitrogen and oxygen atoms in total. The minimum Gasteiger partial charge on any atom is -0.481 e. The zero-order valence-corrected chi connectivity index (χ0v) is 10.6. The molecular weight excluding hydrogens is 226 g/mol. The third-order valence-corrected chi connectivity index (χ3v) is 4.20. The summed E-state index contributed by atoms with van der Waals surface area (Å²) in [6.07, 6.45) is 6.51. The molecule has 18 heavy (non-hydrogen) atoms. The van der Waals surface area contributed by atoms with Crippen LogP contribution in [0.25, 0.3) is 0 Å². The summed E-state index contributed by atoms with van der Waals surface area (Å²) in [5.41, 5.74) is 3.60. The standard InChI is InChI=1S/C15H19NO2/c17-15(18)10-11-5-6-12-7-8-16(14(12)9-11)13-3-1-2-4-13/h5-6,9,13H,1-4,7-8,10H2,(H,17,18). The number of aliphatic carboxylic acids is 1. The number of carbonyl (C=O) groups is 1. The second kappa shape index (κ2) is 4.63. The Labute approximate surface area is 107 Å². The molecule has 1 aliphatic heterocycles. The fraction of sp³-hybridized carbons (Fsp3) is 0.533. The van der Waals surface area contributed by atoms with Crippen molar-refractivity contribution in [3.63, 3.8) is 0 Å². The van der Waals surface area contributed by atoms with Gasteiger partial charge in [0, 0.05) is 18.3 Å². The summed E-state index contributed by atoms with van der Waals surface area (Å²) in [5.74, 6) is -0.750. The summed E-state index contributed by atoms with van der Waals surface area (Å²) in [6.45, 7) is 1.11. The molecule has 0 unspecified atom stereocenters. The second-order valence-corrected chi connectivity index (χ2v) is 5.42. The van der Waals surface area contributed by atoms with Crippen LogP contribution in [0, 0.1) is 0 Å². The van der Waals surface area contributed by atoms with E-state index in [0.29, 0.717) is 6.04 Å². The first-order valence-electron chi connectivity index (χ1n) is 6.84. The second-order valence-electron chi connectivity index (χ2n) is 5.42. The van der Waals surface area contributed by atoms with E-state index < -0.39 is 5.97 Å². The van der Waals surface area contributed by atoms with Crippen LogP contribution < -0.4 is 4.90 Å². The van der Waals surface area contributed by atoms with Crippen molar-refractivity contribution in [2.75, 3.05) is 11.4 Å². The predicted molar refractivity (Wildman–Crippen MR) is 71.1 cm³/mol. The van der Waals surface area contributed by atoms with Gasteiger partial charge in [-0.2, -0.15) is 0 Å². The van der Waals surface area contributed by atoms with Crippen molar-refractivity contribution < 1.29 is 9.90 Å². The number of carboxylic acid groups (broad SMARTS) is 1. The van der Waals surface area contributed by atoms with E-state index in [9.17, 15) is 4.79 Å². The smallest absolute Gasteiger partial charge is 0.307 e. The van der Waals surface area contributed by atoms with Crippen molar-refractivity contribution in [1.29, 1.82) is 0 Å². The van der Waals surface area contributed by atoms with Gasteiger partial charge in [0.15, 0.2) is 0 Å². The molecule has 96 valence electrons. The maximum atomic E-state index is 10.8. The largest absolute Gasteiger partial charge is 0.481 e. The maximum Gasteiger partial charge on any atom is 0.307 e. The van der Waals surface area contributed by atoms with Gasteiger partial charge in [0.2, 0.25) is 0 Å². The van der Waals surface area contributed by atoms with Crippen molar-refractivity contribution >= 4 is 11.7 Å². The number of nitrogens with zero attached hydrogens (tertiary/aromatic N) is 1. The SMILES string of the molecule is O=C(O)Cc1ccc2c(c1)N(C1CCCC1)CC2. The van der Waals surface area contributed by atoms with Crippen LogP contribution in [0.5, 0.6) is 0 Å². The Morgan fingerprint density at radius 3 is 2.83 bits per heavy atom. The average molecular weight is 245 g/mol. The van der Waals surface area contributed by atoms with Gasteiger partial charge in [-0.3, -0.25) is 4.79 Å². The van der Waals surface area contributed by atoms with Gasteiger partial charge in [-0.05, 0) is 36.5 Å². The normalized spacial score (nSPS) is 19.2. The molecular formula is C15H19NO2. The molecule has 2 aliphatic rings. The van der Waals surface area contributed by atoms with Gasteiger partial charge in [0.25, 0.3) is 0 Å². The van der Waals surface area contributed by atoms with Crippen LogP contribution in [0.4, 0.5) is 5.69 Å². The monoisotopic (exact) mass is 245 g/mol. The predicted octanol–water partition coefficient (Wildman–Crippen LogP) is 2.62. The van der Waals surface area contributed by atoms with E-state index in [1.807, 2.05) is 6.07 Å².